The van der Waals surface area contributed by atoms with Gasteiger partial charge in [-0.3, -0.25) is 0 Å². The Bertz CT molecular complexity index is 2090. The molecule has 2 heterocycles. The van der Waals surface area contributed by atoms with Gasteiger partial charge in [-0.05, 0) is 71.1 Å². The zero-order chi connectivity index (χ0) is 36.6. The fourth-order valence-electron chi connectivity index (χ4n) is 6.16. The molecule has 53 heavy (non-hydrogen) atoms. The quantitative estimate of drug-likeness (QED) is 0.106. The first-order chi connectivity index (χ1) is 25.9. The van der Waals surface area contributed by atoms with Gasteiger partial charge < -0.3 is 30.0 Å². The van der Waals surface area contributed by atoms with Gasteiger partial charge in [0.25, 0.3) is 0 Å². The molecular weight excluding hydrogens is 705 g/mol. The zero-order valence-electron chi connectivity index (χ0n) is 29.3. The van der Waals surface area contributed by atoms with Gasteiger partial charge >= 0.3 is 6.03 Å². The Kier molecular flexibility index (Phi) is 11.8. The van der Waals surface area contributed by atoms with Gasteiger partial charge in [0.1, 0.15) is 16.5 Å². The van der Waals surface area contributed by atoms with E-state index in [0.29, 0.717) is 23.7 Å². The number of hydrogen-bond donors (Lipinski definition) is 3. The van der Waals surface area contributed by atoms with Crippen molar-refractivity contribution in [3.63, 3.8) is 0 Å². The van der Waals surface area contributed by atoms with Gasteiger partial charge in [-0.25, -0.2) is 4.79 Å². The number of aliphatic hydroxyl groups is 1. The van der Waals surface area contributed by atoms with Crippen LogP contribution in [0.1, 0.15) is 46.6 Å². The summed E-state index contributed by atoms with van der Waals surface area (Å²) in [5, 5.41) is 24.9. The molecule has 270 valence electrons. The van der Waals surface area contributed by atoms with Crippen LogP contribution in [0.25, 0.3) is 11.1 Å². The molecule has 11 heteroatoms. The molecule has 1 aliphatic rings. The second kappa shape index (κ2) is 17.2. The van der Waals surface area contributed by atoms with Crippen LogP contribution >= 0.6 is 23.1 Å². The first kappa shape index (κ1) is 36.3. The molecule has 6 aromatic rings. The van der Waals surface area contributed by atoms with Gasteiger partial charge in [-0.2, -0.15) is 0 Å². The SMILES string of the molecule is Cc1nnc(SC[C@H]2O[C@@H](c3ccc(-c4ccccc4CNC(=O)Nc4ccc(Oc5ccccc5)cc4)cc3)O[C@@H](c3ccc(CO)cc3)[C@H]2C)s1. The Balaban J connectivity index is 1.01. The number of hydrogen-bond acceptors (Lipinski definition) is 9. The van der Waals surface area contributed by atoms with Gasteiger partial charge in [-0.1, -0.05) is 121 Å². The van der Waals surface area contributed by atoms with Crippen molar-refractivity contribution in [2.75, 3.05) is 11.1 Å². The molecule has 1 fully saturated rings. The molecule has 4 atom stereocenters. The molecule has 1 saturated heterocycles. The monoisotopic (exact) mass is 744 g/mol. The van der Waals surface area contributed by atoms with E-state index in [2.05, 4.69) is 46.0 Å². The normalized spacial score (nSPS) is 18.3. The van der Waals surface area contributed by atoms with Crippen LogP contribution in [-0.4, -0.2) is 33.2 Å². The number of rotatable bonds is 12. The minimum absolute atomic E-state index is 0.00710. The molecular formula is C42H40N4O5S2. The van der Waals surface area contributed by atoms with Crippen molar-refractivity contribution in [3.8, 4) is 22.6 Å². The third-order valence-electron chi connectivity index (χ3n) is 9.04. The maximum absolute atomic E-state index is 12.9. The van der Waals surface area contributed by atoms with E-state index in [0.717, 1.165) is 48.5 Å². The van der Waals surface area contributed by atoms with Crippen molar-refractivity contribution in [2.45, 2.75) is 49.8 Å². The summed E-state index contributed by atoms with van der Waals surface area (Å²) in [5.41, 5.74) is 6.49. The van der Waals surface area contributed by atoms with Crippen LogP contribution in [0.2, 0.25) is 0 Å². The highest BCUT2D eigenvalue weighted by atomic mass is 32.2. The summed E-state index contributed by atoms with van der Waals surface area (Å²) < 4.78 is 20.1. The minimum atomic E-state index is -0.580. The van der Waals surface area contributed by atoms with Crippen molar-refractivity contribution in [3.05, 3.63) is 155 Å². The number of carbonyl (C=O) groups excluding carboxylic acids is 1. The van der Waals surface area contributed by atoms with Crippen LogP contribution in [-0.2, 0) is 22.6 Å². The van der Waals surface area contributed by atoms with E-state index in [-0.39, 0.29) is 30.8 Å². The Hall–Kier alpha value is -5.04. The molecule has 1 aliphatic heterocycles. The lowest BCUT2D eigenvalue weighted by molar-refractivity contribution is -0.268. The van der Waals surface area contributed by atoms with E-state index in [4.69, 9.17) is 14.2 Å². The number of carbonyl (C=O) groups is 1. The molecule has 7 rings (SSSR count). The number of aromatic nitrogens is 2. The summed E-state index contributed by atoms with van der Waals surface area (Å²) in [4.78, 5) is 12.9. The molecule has 1 aromatic heterocycles. The summed E-state index contributed by atoms with van der Waals surface area (Å²) in [7, 11) is 0. The number of aryl methyl sites for hydroxylation is 1. The number of anilines is 1. The van der Waals surface area contributed by atoms with Gasteiger partial charge in [0.05, 0.1) is 18.8 Å². The predicted octanol–water partition coefficient (Wildman–Crippen LogP) is 9.70. The molecule has 3 N–H and O–H groups in total. The fraction of sp³-hybridized carbons (Fsp3) is 0.214. The Labute approximate surface area is 317 Å². The average Bonchev–Trinajstić information content (AvgIpc) is 3.62. The molecule has 5 aromatic carbocycles. The van der Waals surface area contributed by atoms with Gasteiger partial charge in [0.15, 0.2) is 10.6 Å². The summed E-state index contributed by atoms with van der Waals surface area (Å²) in [6.45, 7) is 4.45. The largest absolute Gasteiger partial charge is 0.457 e. The maximum Gasteiger partial charge on any atom is 0.319 e. The third-order valence-corrected chi connectivity index (χ3v) is 11.1. The summed E-state index contributed by atoms with van der Waals surface area (Å²) in [6, 6.07) is 40.7. The standard InChI is InChI=1S/C42H40N4O5S2/c1-27-38(26-52-42-46-45-28(2)53-42)50-40(51-39(27)31-14-12-29(25-47)13-15-31)32-18-16-30(17-19-32)37-11-7-6-8-33(37)24-43-41(48)44-34-20-22-36(23-21-34)49-35-9-4-3-5-10-35/h3-23,27,38-40,47H,24-26H2,1-2H3,(H2,43,44,48)/t27-,38+,39+,40+/m0/s1. The van der Waals surface area contributed by atoms with E-state index in [1.54, 1.807) is 23.1 Å². The Morgan fingerprint density at radius 2 is 1.53 bits per heavy atom. The molecule has 0 aliphatic carbocycles. The van der Waals surface area contributed by atoms with Gasteiger partial charge in [0, 0.05) is 29.5 Å². The predicted molar refractivity (Wildman–Crippen MR) is 209 cm³/mol. The zero-order valence-corrected chi connectivity index (χ0v) is 31.0. The number of aliphatic hydroxyl groups excluding tert-OH is 1. The molecule has 2 amide bonds. The molecule has 0 unspecified atom stereocenters. The lowest BCUT2D eigenvalue weighted by Gasteiger charge is -2.41. The highest BCUT2D eigenvalue weighted by Crippen LogP contribution is 2.43. The first-order valence-corrected chi connectivity index (χ1v) is 19.2. The van der Waals surface area contributed by atoms with Crippen molar-refractivity contribution in [1.29, 1.82) is 0 Å². The summed E-state index contributed by atoms with van der Waals surface area (Å²) in [5.74, 6) is 2.21. The van der Waals surface area contributed by atoms with Crippen molar-refractivity contribution >= 4 is 34.8 Å². The van der Waals surface area contributed by atoms with E-state index in [1.807, 2.05) is 116 Å². The fourth-order valence-corrected chi connectivity index (χ4v) is 8.16. The summed E-state index contributed by atoms with van der Waals surface area (Å²) in [6.07, 6.45) is -0.894. The molecule has 0 spiro atoms. The number of urea groups is 1. The van der Waals surface area contributed by atoms with E-state index in [9.17, 15) is 9.90 Å². The van der Waals surface area contributed by atoms with E-state index >= 15 is 0 Å². The van der Waals surface area contributed by atoms with E-state index in [1.165, 1.54) is 0 Å². The van der Waals surface area contributed by atoms with Crippen LogP contribution in [0, 0.1) is 12.8 Å². The number of ether oxygens (including phenoxy) is 3. The smallest absolute Gasteiger partial charge is 0.319 e. The van der Waals surface area contributed by atoms with Crippen LogP contribution < -0.4 is 15.4 Å². The van der Waals surface area contributed by atoms with Gasteiger partial charge in [0.2, 0.25) is 0 Å². The number of benzene rings is 5. The average molecular weight is 745 g/mol. The lowest BCUT2D eigenvalue weighted by atomic mass is 9.91. The molecule has 9 nitrogen and oxygen atoms in total. The second-order valence-electron chi connectivity index (χ2n) is 12.7. The van der Waals surface area contributed by atoms with E-state index < -0.39 is 6.29 Å². The number of nitrogens with zero attached hydrogens (tertiary/aromatic N) is 2. The number of thioether (sulfide) groups is 1. The molecule has 0 saturated carbocycles. The molecule has 0 radical (unpaired) electrons. The summed E-state index contributed by atoms with van der Waals surface area (Å²) >= 11 is 3.23. The van der Waals surface area contributed by atoms with Crippen LogP contribution in [0.4, 0.5) is 10.5 Å². The van der Waals surface area contributed by atoms with Crippen molar-refractivity contribution in [2.24, 2.45) is 5.92 Å². The van der Waals surface area contributed by atoms with Gasteiger partial charge in [-0.15, -0.1) is 10.2 Å². The number of nitrogens with one attached hydrogen (secondary N) is 2. The van der Waals surface area contributed by atoms with Crippen molar-refractivity contribution in [1.82, 2.24) is 15.5 Å². The maximum atomic E-state index is 12.9. The highest BCUT2D eigenvalue weighted by Gasteiger charge is 2.38. The highest BCUT2D eigenvalue weighted by molar-refractivity contribution is 8.01. The van der Waals surface area contributed by atoms with Crippen LogP contribution in [0.15, 0.2) is 132 Å². The van der Waals surface area contributed by atoms with Crippen LogP contribution in [0.3, 0.4) is 0 Å². The van der Waals surface area contributed by atoms with Crippen molar-refractivity contribution < 1.29 is 24.1 Å². The minimum Gasteiger partial charge on any atom is -0.457 e. The Morgan fingerprint density at radius 3 is 2.25 bits per heavy atom. The Morgan fingerprint density at radius 1 is 0.830 bits per heavy atom. The number of amides is 2. The number of para-hydroxylation sites is 1. The molecule has 0 bridgehead atoms. The topological polar surface area (TPSA) is 115 Å². The first-order valence-electron chi connectivity index (χ1n) is 17.4. The third kappa shape index (κ3) is 9.31. The lowest BCUT2D eigenvalue weighted by Crippen LogP contribution is -2.38. The second-order valence-corrected chi connectivity index (χ2v) is 15.2. The van der Waals surface area contributed by atoms with Crippen LogP contribution in [0.5, 0.6) is 11.5 Å².